The third kappa shape index (κ3) is 6.85. The van der Waals surface area contributed by atoms with Crippen molar-refractivity contribution < 1.29 is 27.1 Å². The van der Waals surface area contributed by atoms with Crippen LogP contribution in [0, 0.1) is 11.7 Å². The minimum atomic E-state index is -3.52. The second-order valence-corrected chi connectivity index (χ2v) is 10.4. The van der Waals surface area contributed by atoms with Crippen LogP contribution in [0.15, 0.2) is 48.5 Å². The summed E-state index contributed by atoms with van der Waals surface area (Å²) in [4.78, 5) is 25.4. The van der Waals surface area contributed by atoms with E-state index < -0.39 is 33.7 Å². The van der Waals surface area contributed by atoms with E-state index in [0.717, 1.165) is 0 Å². The number of carbonyl (C=O) groups excluding carboxylic acids is 2. The first kappa shape index (κ1) is 25.8. The van der Waals surface area contributed by atoms with Gasteiger partial charge < -0.3 is 15.4 Å². The molecule has 8 nitrogen and oxygen atoms in total. The first-order chi connectivity index (χ1) is 16.2. The van der Waals surface area contributed by atoms with Crippen LogP contribution < -0.4 is 10.6 Å². The fourth-order valence-corrected chi connectivity index (χ4v) is 5.20. The van der Waals surface area contributed by atoms with Crippen LogP contribution in [-0.2, 0) is 31.9 Å². The van der Waals surface area contributed by atoms with Crippen LogP contribution in [0.2, 0.25) is 0 Å². The summed E-state index contributed by atoms with van der Waals surface area (Å²) in [6, 6.07) is 11.3. The molecule has 0 bridgehead atoms. The lowest BCUT2D eigenvalue weighted by molar-refractivity contribution is -0.124. The summed E-state index contributed by atoms with van der Waals surface area (Å²) in [5, 5.41) is 5.51. The van der Waals surface area contributed by atoms with Crippen LogP contribution in [0.5, 0.6) is 0 Å². The lowest BCUT2D eigenvalue weighted by atomic mass is 10.0. The third-order valence-corrected chi connectivity index (χ3v) is 7.44. The number of halogens is 1. The highest BCUT2D eigenvalue weighted by molar-refractivity contribution is 7.88. The molecule has 0 unspecified atom stereocenters. The number of hydrogen-bond acceptors (Lipinski definition) is 5. The molecule has 3 rings (SSSR count). The van der Waals surface area contributed by atoms with Crippen molar-refractivity contribution in [3.63, 3.8) is 0 Å². The Morgan fingerprint density at radius 2 is 1.65 bits per heavy atom. The number of sulfonamides is 1. The molecular formula is C24H30FN3O5S. The molecule has 0 aromatic heterocycles. The molecule has 2 amide bonds. The number of morpholine rings is 1. The van der Waals surface area contributed by atoms with Gasteiger partial charge in [-0.3, -0.25) is 9.59 Å². The Morgan fingerprint density at radius 1 is 1.03 bits per heavy atom. The Balaban J connectivity index is 1.65. The van der Waals surface area contributed by atoms with Crippen molar-refractivity contribution >= 4 is 21.8 Å². The van der Waals surface area contributed by atoms with Gasteiger partial charge in [0.15, 0.2) is 0 Å². The van der Waals surface area contributed by atoms with E-state index in [1.54, 1.807) is 38.1 Å². The van der Waals surface area contributed by atoms with E-state index in [2.05, 4.69) is 10.6 Å². The highest BCUT2D eigenvalue weighted by Gasteiger charge is 2.27. The normalized spacial score (nSPS) is 15.6. The van der Waals surface area contributed by atoms with Gasteiger partial charge in [-0.05, 0) is 41.3 Å². The van der Waals surface area contributed by atoms with Crippen LogP contribution in [-0.4, -0.2) is 56.9 Å². The molecule has 1 aliphatic heterocycles. The highest BCUT2D eigenvalue weighted by atomic mass is 32.2. The predicted molar refractivity (Wildman–Crippen MR) is 126 cm³/mol. The smallest absolute Gasteiger partial charge is 0.251 e. The van der Waals surface area contributed by atoms with Crippen molar-refractivity contribution in [2.75, 3.05) is 26.3 Å². The zero-order valence-electron chi connectivity index (χ0n) is 19.3. The molecule has 1 fully saturated rings. The van der Waals surface area contributed by atoms with Crippen LogP contribution in [0.4, 0.5) is 4.39 Å². The molecule has 1 heterocycles. The quantitative estimate of drug-likeness (QED) is 0.559. The summed E-state index contributed by atoms with van der Waals surface area (Å²) in [5.41, 5.74) is 1.53. The molecule has 0 radical (unpaired) electrons. The number of ether oxygens (including phenoxy) is 1. The van der Waals surface area contributed by atoms with Gasteiger partial charge in [0.1, 0.15) is 11.9 Å². The molecular weight excluding hydrogens is 461 g/mol. The van der Waals surface area contributed by atoms with Crippen molar-refractivity contribution in [1.29, 1.82) is 0 Å². The molecule has 184 valence electrons. The lowest BCUT2D eigenvalue weighted by Crippen LogP contribution is -2.49. The second kappa shape index (κ2) is 11.5. The Labute approximate surface area is 199 Å². The van der Waals surface area contributed by atoms with E-state index >= 15 is 0 Å². The summed E-state index contributed by atoms with van der Waals surface area (Å²) < 4.78 is 45.5. The fourth-order valence-electron chi connectivity index (χ4n) is 3.64. The average Bonchev–Trinajstić information content (AvgIpc) is 2.82. The molecule has 0 spiro atoms. The second-order valence-electron chi connectivity index (χ2n) is 8.46. The maximum atomic E-state index is 13.1. The summed E-state index contributed by atoms with van der Waals surface area (Å²) >= 11 is 0. The van der Waals surface area contributed by atoms with Crippen molar-refractivity contribution in [3.05, 3.63) is 71.0 Å². The van der Waals surface area contributed by atoms with Crippen molar-refractivity contribution in [1.82, 2.24) is 14.9 Å². The molecule has 1 aliphatic rings. The monoisotopic (exact) mass is 491 g/mol. The Bertz CT molecular complexity index is 1100. The van der Waals surface area contributed by atoms with Gasteiger partial charge in [0.2, 0.25) is 15.9 Å². The number of hydrogen-bond donors (Lipinski definition) is 2. The number of amides is 2. The van der Waals surface area contributed by atoms with Crippen molar-refractivity contribution in [2.45, 2.75) is 32.2 Å². The zero-order valence-corrected chi connectivity index (χ0v) is 20.1. The van der Waals surface area contributed by atoms with E-state index in [4.69, 9.17) is 4.74 Å². The van der Waals surface area contributed by atoms with E-state index in [1.165, 1.54) is 28.6 Å². The summed E-state index contributed by atoms with van der Waals surface area (Å²) in [7, 11) is -3.52. The van der Waals surface area contributed by atoms with Gasteiger partial charge in [-0.15, -0.1) is 0 Å². The van der Waals surface area contributed by atoms with Crippen molar-refractivity contribution in [3.8, 4) is 0 Å². The van der Waals surface area contributed by atoms with E-state index in [9.17, 15) is 22.4 Å². The highest BCUT2D eigenvalue weighted by Crippen LogP contribution is 2.17. The predicted octanol–water partition coefficient (Wildman–Crippen LogP) is 2.06. The van der Waals surface area contributed by atoms with Gasteiger partial charge in [-0.25, -0.2) is 12.8 Å². The molecule has 1 atom stereocenters. The zero-order chi connectivity index (χ0) is 24.7. The van der Waals surface area contributed by atoms with Crippen LogP contribution >= 0.6 is 0 Å². The molecule has 1 saturated heterocycles. The third-order valence-electron chi connectivity index (χ3n) is 5.61. The van der Waals surface area contributed by atoms with Gasteiger partial charge in [-0.2, -0.15) is 4.31 Å². The molecule has 2 aromatic carbocycles. The number of benzene rings is 2. The number of rotatable bonds is 9. The lowest BCUT2D eigenvalue weighted by Gasteiger charge is -2.26. The van der Waals surface area contributed by atoms with Gasteiger partial charge in [-0.1, -0.05) is 38.1 Å². The number of nitrogens with zero attached hydrogens (tertiary/aromatic N) is 1. The number of carbonyl (C=O) groups is 2. The largest absolute Gasteiger partial charge is 0.379 e. The van der Waals surface area contributed by atoms with Crippen LogP contribution in [0.3, 0.4) is 0 Å². The van der Waals surface area contributed by atoms with E-state index in [-0.39, 0.29) is 23.8 Å². The van der Waals surface area contributed by atoms with Gasteiger partial charge in [0.05, 0.1) is 19.0 Å². The van der Waals surface area contributed by atoms with Gasteiger partial charge in [0.25, 0.3) is 5.91 Å². The molecule has 2 aromatic rings. The molecule has 0 saturated carbocycles. The summed E-state index contributed by atoms with van der Waals surface area (Å²) in [6.45, 7) is 5.11. The molecule has 2 N–H and O–H groups in total. The standard InChI is InChI=1S/C24H30FN3O5S/c1-17(2)22(27-23(29)18-7-9-21(25)10-8-18)24(30)26-15-19-5-3-4-6-20(19)16-34(31,32)28-11-13-33-14-12-28/h3-10,17,22H,11-16H2,1-2H3,(H,26,30)(H,27,29)/t22-/m1/s1. The maximum absolute atomic E-state index is 13.1. The van der Waals surface area contributed by atoms with Gasteiger partial charge >= 0.3 is 0 Å². The SMILES string of the molecule is CC(C)[C@@H](NC(=O)c1ccc(F)cc1)C(=O)NCc1ccccc1CS(=O)(=O)N1CCOCC1. The van der Waals surface area contributed by atoms with Crippen LogP contribution in [0.25, 0.3) is 0 Å². The van der Waals surface area contributed by atoms with E-state index in [0.29, 0.717) is 37.4 Å². The first-order valence-electron chi connectivity index (χ1n) is 11.1. The van der Waals surface area contributed by atoms with Gasteiger partial charge in [0, 0.05) is 25.2 Å². The fraction of sp³-hybridized carbons (Fsp3) is 0.417. The van der Waals surface area contributed by atoms with Crippen LogP contribution in [0.1, 0.15) is 35.3 Å². The summed E-state index contributed by atoms with van der Waals surface area (Å²) in [5.74, 6) is -1.71. The molecule has 10 heteroatoms. The first-order valence-corrected chi connectivity index (χ1v) is 12.7. The van der Waals surface area contributed by atoms with Crippen molar-refractivity contribution in [2.24, 2.45) is 5.92 Å². The number of nitrogens with one attached hydrogen (secondary N) is 2. The average molecular weight is 492 g/mol. The molecule has 34 heavy (non-hydrogen) atoms. The Kier molecular flexibility index (Phi) is 8.76. The maximum Gasteiger partial charge on any atom is 0.251 e. The molecule has 0 aliphatic carbocycles. The topological polar surface area (TPSA) is 105 Å². The minimum Gasteiger partial charge on any atom is -0.379 e. The van der Waals surface area contributed by atoms with E-state index in [1.807, 2.05) is 0 Å². The summed E-state index contributed by atoms with van der Waals surface area (Å²) in [6.07, 6.45) is 0. The minimum absolute atomic E-state index is 0.114. The Hall–Kier alpha value is -2.82. The Morgan fingerprint density at radius 3 is 2.26 bits per heavy atom.